The first-order valence-corrected chi connectivity index (χ1v) is 10.1. The number of aliphatic hydroxyl groups is 1. The van der Waals surface area contributed by atoms with Crippen LogP contribution in [0, 0.1) is 5.82 Å². The van der Waals surface area contributed by atoms with Crippen LogP contribution in [0.2, 0.25) is 0 Å². The second kappa shape index (κ2) is 9.31. The van der Waals surface area contributed by atoms with Crippen LogP contribution in [-0.4, -0.2) is 56.7 Å². The maximum absolute atomic E-state index is 13.2. The van der Waals surface area contributed by atoms with Gasteiger partial charge in [-0.25, -0.2) is 9.37 Å². The van der Waals surface area contributed by atoms with Crippen LogP contribution in [0.3, 0.4) is 0 Å². The second-order valence-electron chi connectivity index (χ2n) is 7.56. The molecule has 6 heteroatoms. The largest absolute Gasteiger partial charge is 0.396 e. The van der Waals surface area contributed by atoms with Crippen molar-refractivity contribution in [3.05, 3.63) is 84.1 Å². The van der Waals surface area contributed by atoms with Crippen molar-refractivity contribution < 1.29 is 9.50 Å². The van der Waals surface area contributed by atoms with Gasteiger partial charge in [-0.2, -0.15) is 0 Å². The number of pyridine rings is 1. The van der Waals surface area contributed by atoms with Crippen molar-refractivity contribution in [1.29, 1.82) is 0 Å². The Bertz CT molecular complexity index is 897. The maximum atomic E-state index is 13.2. The second-order valence-corrected chi connectivity index (χ2v) is 7.56. The Hall–Kier alpha value is -2.54. The molecule has 1 aliphatic heterocycles. The minimum Gasteiger partial charge on any atom is -0.396 e. The van der Waals surface area contributed by atoms with Gasteiger partial charge in [0.15, 0.2) is 0 Å². The first kappa shape index (κ1) is 19.8. The van der Waals surface area contributed by atoms with E-state index in [1.54, 1.807) is 0 Å². The summed E-state index contributed by atoms with van der Waals surface area (Å²) >= 11 is 0. The summed E-state index contributed by atoms with van der Waals surface area (Å²) in [6, 6.07) is 17.1. The van der Waals surface area contributed by atoms with Crippen molar-refractivity contribution in [2.24, 2.45) is 0 Å². The Balaban J connectivity index is 1.42. The van der Waals surface area contributed by atoms with Crippen LogP contribution in [0.4, 0.5) is 4.39 Å². The molecule has 4 rings (SSSR count). The van der Waals surface area contributed by atoms with Gasteiger partial charge in [0.05, 0.1) is 0 Å². The first-order valence-electron chi connectivity index (χ1n) is 10.1. The Kier molecular flexibility index (Phi) is 6.34. The minimum absolute atomic E-state index is 0.169. The Morgan fingerprint density at radius 1 is 1.00 bits per heavy atom. The normalized spacial score (nSPS) is 18.2. The molecule has 152 valence electrons. The Morgan fingerprint density at radius 2 is 1.86 bits per heavy atom. The van der Waals surface area contributed by atoms with E-state index in [1.807, 2.05) is 42.7 Å². The fourth-order valence-corrected chi connectivity index (χ4v) is 4.05. The molecule has 0 spiro atoms. The third kappa shape index (κ3) is 4.90. The zero-order valence-corrected chi connectivity index (χ0v) is 16.5. The number of rotatable bonds is 7. The quantitative estimate of drug-likeness (QED) is 0.669. The lowest BCUT2D eigenvalue weighted by Crippen LogP contribution is -2.52. The standard InChI is InChI=1S/C23H27FN4O/c24-20-8-6-19(7-9-20)16-27-14-13-26(17-21(27)10-15-29)18-22-4-3-12-28(22)23-5-1-2-11-25-23/h1-9,11-12,21,29H,10,13-18H2. The van der Waals surface area contributed by atoms with E-state index in [9.17, 15) is 9.50 Å². The molecule has 29 heavy (non-hydrogen) atoms. The molecule has 1 unspecified atom stereocenters. The smallest absolute Gasteiger partial charge is 0.136 e. The van der Waals surface area contributed by atoms with E-state index < -0.39 is 0 Å². The van der Waals surface area contributed by atoms with Crippen LogP contribution in [0.1, 0.15) is 17.7 Å². The number of piperazine rings is 1. The lowest BCUT2D eigenvalue weighted by Gasteiger charge is -2.41. The Labute approximate surface area is 171 Å². The highest BCUT2D eigenvalue weighted by atomic mass is 19.1. The average Bonchev–Trinajstić information content (AvgIpc) is 3.20. The van der Waals surface area contributed by atoms with Crippen molar-refractivity contribution in [2.75, 3.05) is 26.2 Å². The molecule has 1 N–H and O–H groups in total. The van der Waals surface area contributed by atoms with Gasteiger partial charge < -0.3 is 9.67 Å². The van der Waals surface area contributed by atoms with E-state index in [0.29, 0.717) is 0 Å². The topological polar surface area (TPSA) is 44.5 Å². The number of aliphatic hydroxyl groups excluding tert-OH is 1. The molecular weight excluding hydrogens is 367 g/mol. The number of nitrogens with zero attached hydrogens (tertiary/aromatic N) is 4. The predicted molar refractivity (Wildman–Crippen MR) is 111 cm³/mol. The molecule has 0 radical (unpaired) electrons. The zero-order chi connectivity index (χ0) is 20.1. The van der Waals surface area contributed by atoms with Crippen LogP contribution in [0.5, 0.6) is 0 Å². The highest BCUT2D eigenvalue weighted by molar-refractivity contribution is 5.27. The number of hydrogen-bond donors (Lipinski definition) is 1. The highest BCUT2D eigenvalue weighted by Crippen LogP contribution is 2.20. The minimum atomic E-state index is -0.207. The summed E-state index contributed by atoms with van der Waals surface area (Å²) in [6.07, 6.45) is 4.59. The molecule has 3 aromatic rings. The molecule has 1 saturated heterocycles. The van der Waals surface area contributed by atoms with Gasteiger partial charge in [0.1, 0.15) is 11.6 Å². The SMILES string of the molecule is OCCC1CN(Cc2cccn2-c2ccccn2)CCN1Cc1ccc(F)cc1. The molecule has 0 amide bonds. The van der Waals surface area contributed by atoms with Gasteiger partial charge in [-0.3, -0.25) is 9.80 Å². The number of hydrogen-bond acceptors (Lipinski definition) is 4. The predicted octanol–water partition coefficient (Wildman–Crippen LogP) is 3.08. The van der Waals surface area contributed by atoms with Gasteiger partial charge in [0.25, 0.3) is 0 Å². The molecule has 1 atom stereocenters. The molecule has 1 aliphatic rings. The van der Waals surface area contributed by atoms with E-state index in [1.165, 1.54) is 17.8 Å². The van der Waals surface area contributed by atoms with Crippen molar-refractivity contribution >= 4 is 0 Å². The number of benzene rings is 1. The van der Waals surface area contributed by atoms with Crippen molar-refractivity contribution in [1.82, 2.24) is 19.4 Å². The highest BCUT2D eigenvalue weighted by Gasteiger charge is 2.27. The van der Waals surface area contributed by atoms with Crippen molar-refractivity contribution in [2.45, 2.75) is 25.6 Å². The van der Waals surface area contributed by atoms with E-state index in [-0.39, 0.29) is 18.5 Å². The van der Waals surface area contributed by atoms with Gasteiger partial charge >= 0.3 is 0 Å². The van der Waals surface area contributed by atoms with Gasteiger partial charge in [0, 0.05) is 63.5 Å². The molecule has 0 bridgehead atoms. The van der Waals surface area contributed by atoms with E-state index >= 15 is 0 Å². The van der Waals surface area contributed by atoms with Crippen LogP contribution >= 0.6 is 0 Å². The monoisotopic (exact) mass is 394 g/mol. The van der Waals surface area contributed by atoms with Crippen molar-refractivity contribution in [3.63, 3.8) is 0 Å². The van der Waals surface area contributed by atoms with Crippen LogP contribution in [0.25, 0.3) is 5.82 Å². The van der Waals surface area contributed by atoms with E-state index in [4.69, 9.17) is 0 Å². The van der Waals surface area contributed by atoms with E-state index in [0.717, 1.165) is 50.5 Å². The van der Waals surface area contributed by atoms with Gasteiger partial charge in [-0.15, -0.1) is 0 Å². The fourth-order valence-electron chi connectivity index (χ4n) is 4.05. The summed E-state index contributed by atoms with van der Waals surface area (Å²) in [7, 11) is 0. The summed E-state index contributed by atoms with van der Waals surface area (Å²) in [5, 5.41) is 9.57. The summed E-state index contributed by atoms with van der Waals surface area (Å²) in [4.78, 5) is 9.30. The molecule has 1 fully saturated rings. The van der Waals surface area contributed by atoms with Gasteiger partial charge in [0.2, 0.25) is 0 Å². The molecular formula is C23H27FN4O. The Morgan fingerprint density at radius 3 is 2.62 bits per heavy atom. The summed E-state index contributed by atoms with van der Waals surface area (Å²) < 4.78 is 15.3. The van der Waals surface area contributed by atoms with Gasteiger partial charge in [-0.05, 0) is 48.4 Å². The average molecular weight is 394 g/mol. The van der Waals surface area contributed by atoms with Crippen LogP contribution in [0.15, 0.2) is 67.0 Å². The zero-order valence-electron chi connectivity index (χ0n) is 16.5. The molecule has 5 nitrogen and oxygen atoms in total. The molecule has 0 saturated carbocycles. The van der Waals surface area contributed by atoms with E-state index in [2.05, 4.69) is 31.5 Å². The third-order valence-electron chi connectivity index (χ3n) is 5.56. The summed E-state index contributed by atoms with van der Waals surface area (Å²) in [5.74, 6) is 0.718. The van der Waals surface area contributed by atoms with Gasteiger partial charge in [-0.1, -0.05) is 18.2 Å². The molecule has 0 aliphatic carbocycles. The molecule has 3 heterocycles. The lowest BCUT2D eigenvalue weighted by atomic mass is 10.1. The van der Waals surface area contributed by atoms with Crippen LogP contribution in [-0.2, 0) is 13.1 Å². The van der Waals surface area contributed by atoms with Crippen molar-refractivity contribution in [3.8, 4) is 5.82 Å². The molecule has 2 aromatic heterocycles. The first-order chi connectivity index (χ1) is 14.2. The molecule has 1 aromatic carbocycles. The number of aromatic nitrogens is 2. The number of halogens is 1. The van der Waals surface area contributed by atoms with Crippen LogP contribution < -0.4 is 0 Å². The fraction of sp³-hybridized carbons (Fsp3) is 0.348. The third-order valence-corrected chi connectivity index (χ3v) is 5.56. The summed E-state index contributed by atoms with van der Waals surface area (Å²) in [6.45, 7) is 4.57. The summed E-state index contributed by atoms with van der Waals surface area (Å²) in [5.41, 5.74) is 2.31. The lowest BCUT2D eigenvalue weighted by molar-refractivity contribution is 0.0491. The maximum Gasteiger partial charge on any atom is 0.136 e.